The molecule has 0 amide bonds. The van der Waals surface area contributed by atoms with Gasteiger partial charge >= 0.3 is 33.6 Å². The molecule has 0 radical (unpaired) electrons. The van der Waals surface area contributed by atoms with Crippen LogP contribution in [0.15, 0.2) is 134 Å². The molecule has 0 aliphatic heterocycles. The third-order valence-electron chi connectivity index (χ3n) is 18.3. The molecule has 0 heterocycles. The van der Waals surface area contributed by atoms with Gasteiger partial charge in [0.25, 0.3) is 0 Å². The van der Waals surface area contributed by atoms with E-state index < -0.39 is 91.5 Å². The van der Waals surface area contributed by atoms with Crippen LogP contribution < -0.4 is 0 Å². The second-order valence-electron chi connectivity index (χ2n) is 29.0. The number of unbranched alkanes of at least 4 members (excludes halogenated alkanes) is 37. The van der Waals surface area contributed by atoms with Crippen LogP contribution in [0, 0.1) is 0 Å². The number of allylic oxidation sites excluding steroid dienone is 22. The predicted octanol–water partition coefficient (Wildman–Crippen LogP) is 26.2. The van der Waals surface area contributed by atoms with Crippen molar-refractivity contribution in [1.29, 1.82) is 0 Å². The van der Waals surface area contributed by atoms with E-state index in [1.165, 1.54) is 154 Å². The minimum Gasteiger partial charge on any atom is -0.463 e. The Morgan fingerprint density at radius 3 is 0.771 bits per heavy atom. The molecule has 0 fully saturated rings. The molecule has 0 aromatic heterocycles. The fraction of sp³-hybridized carbons (Fsp3) is 0.725. The van der Waals surface area contributed by atoms with Gasteiger partial charge in [-0.3, -0.25) is 32.5 Å². The number of carbonyl (C=O) groups is 3. The number of rotatable bonds is 82. The quantitative estimate of drug-likeness (QED) is 0.0146. The summed E-state index contributed by atoms with van der Waals surface area (Å²) in [5.74, 6) is -1.58. The van der Waals surface area contributed by atoms with Crippen LogP contribution in [0.4, 0.5) is 0 Å². The van der Waals surface area contributed by atoms with Crippen LogP contribution in [0.5, 0.6) is 0 Å². The van der Waals surface area contributed by atoms with Gasteiger partial charge in [-0.2, -0.15) is 0 Å². The molecular weight excluding hydrogens is 1410 g/mol. The Balaban J connectivity index is 4.51. The first-order valence-electron chi connectivity index (χ1n) is 43.5. The van der Waals surface area contributed by atoms with Crippen LogP contribution >= 0.6 is 15.6 Å². The monoisotopic (exact) mass is 1570 g/mol. The van der Waals surface area contributed by atoms with Crippen LogP contribution in [0.25, 0.3) is 0 Å². The molecule has 628 valence electrons. The summed E-state index contributed by atoms with van der Waals surface area (Å²) < 4.78 is 61.3. The molecule has 0 rings (SSSR count). The summed E-state index contributed by atoms with van der Waals surface area (Å²) in [5.41, 5.74) is 0. The number of esters is 3. The van der Waals surface area contributed by atoms with Gasteiger partial charge in [0.2, 0.25) is 0 Å². The smallest absolute Gasteiger partial charge is 0.463 e. The first-order valence-corrected chi connectivity index (χ1v) is 46.5. The number of aliphatic hydroxyl groups is 2. The number of aliphatic hydroxyl groups excluding tert-OH is 2. The van der Waals surface area contributed by atoms with Crippen LogP contribution in [-0.4, -0.2) is 95.9 Å². The lowest BCUT2D eigenvalue weighted by atomic mass is 10.0. The Morgan fingerprint density at radius 2 is 0.486 bits per heavy atom. The summed E-state index contributed by atoms with van der Waals surface area (Å²) in [5, 5.41) is 20.7. The van der Waals surface area contributed by atoms with Crippen LogP contribution in [0.2, 0.25) is 0 Å². The molecule has 18 heteroatoms. The van der Waals surface area contributed by atoms with Gasteiger partial charge in [0.1, 0.15) is 25.4 Å². The van der Waals surface area contributed by atoms with E-state index >= 15 is 0 Å². The number of hydrogen-bond acceptors (Lipinski definition) is 14. The summed E-state index contributed by atoms with van der Waals surface area (Å²) in [4.78, 5) is 58.8. The van der Waals surface area contributed by atoms with Crippen molar-refractivity contribution < 1.29 is 75.8 Å². The molecule has 109 heavy (non-hydrogen) atoms. The number of phosphoric ester groups is 2. The van der Waals surface area contributed by atoms with Gasteiger partial charge in [-0.15, -0.1) is 0 Å². The van der Waals surface area contributed by atoms with E-state index in [1.54, 1.807) is 0 Å². The van der Waals surface area contributed by atoms with E-state index in [2.05, 4.69) is 154 Å². The number of hydrogen-bond donors (Lipinski definition) is 4. The van der Waals surface area contributed by atoms with E-state index in [1.807, 2.05) is 0 Å². The second-order valence-corrected chi connectivity index (χ2v) is 31.9. The second kappa shape index (κ2) is 83.1. The average Bonchev–Trinajstić information content (AvgIpc) is 0.903. The van der Waals surface area contributed by atoms with Gasteiger partial charge in [0.15, 0.2) is 6.10 Å². The Bertz CT molecular complexity index is 2510. The molecule has 0 aliphatic carbocycles. The largest absolute Gasteiger partial charge is 0.472 e. The topological polar surface area (TPSA) is 231 Å². The molecule has 0 spiro atoms. The van der Waals surface area contributed by atoms with Gasteiger partial charge in [-0.25, -0.2) is 9.13 Å². The van der Waals surface area contributed by atoms with E-state index in [0.29, 0.717) is 19.3 Å². The maximum Gasteiger partial charge on any atom is 0.472 e. The van der Waals surface area contributed by atoms with Gasteiger partial charge < -0.3 is 34.2 Å². The van der Waals surface area contributed by atoms with Crippen molar-refractivity contribution in [3.05, 3.63) is 134 Å². The molecule has 4 N–H and O–H groups in total. The van der Waals surface area contributed by atoms with E-state index in [9.17, 15) is 43.5 Å². The first kappa shape index (κ1) is 105. The number of phosphoric acid groups is 2. The third-order valence-corrected chi connectivity index (χ3v) is 20.2. The lowest BCUT2D eigenvalue weighted by Crippen LogP contribution is -2.30. The molecule has 5 unspecified atom stereocenters. The molecule has 16 nitrogen and oxygen atoms in total. The lowest BCUT2D eigenvalue weighted by molar-refractivity contribution is -0.161. The maximum atomic E-state index is 13.0. The molecule has 0 aliphatic rings. The zero-order valence-corrected chi connectivity index (χ0v) is 70.7. The summed E-state index contributed by atoms with van der Waals surface area (Å²) in [7, 11) is -9.80. The molecule has 0 saturated carbocycles. The van der Waals surface area contributed by atoms with E-state index in [0.717, 1.165) is 154 Å². The Hall–Kier alpha value is -4.31. The minimum absolute atomic E-state index is 0.0876. The van der Waals surface area contributed by atoms with Crippen molar-refractivity contribution in [2.45, 2.75) is 386 Å². The SMILES string of the molecule is CC/C=C\C/C=C\C/C=C\C/C=C\C/C=C\CCCCCCCCCCCCCCCC(=O)OCC(O)COP(=O)(O)OCC(O)COP(=O)(O)OCC(COC(=O)CCCCCCCCCCCCCCC/C=C\C/C=C\C/C=C\C/C=C\CCCCC)OC(=O)CCCCCCC/C=C\C/C=C\CCCCC. The highest BCUT2D eigenvalue weighted by molar-refractivity contribution is 7.47. The van der Waals surface area contributed by atoms with Gasteiger partial charge in [0.05, 0.1) is 26.4 Å². The van der Waals surface area contributed by atoms with Crippen LogP contribution in [0.3, 0.4) is 0 Å². The Labute approximate surface area is 665 Å². The van der Waals surface area contributed by atoms with Crippen LogP contribution in [-0.2, 0) is 55.8 Å². The molecule has 0 aromatic carbocycles. The summed E-state index contributed by atoms with van der Waals surface area (Å²) >= 11 is 0. The fourth-order valence-corrected chi connectivity index (χ4v) is 13.3. The third kappa shape index (κ3) is 84.4. The zero-order valence-electron chi connectivity index (χ0n) is 68.9. The highest BCUT2D eigenvalue weighted by Gasteiger charge is 2.29. The number of ether oxygens (including phenoxy) is 3. The Morgan fingerprint density at radius 1 is 0.266 bits per heavy atom. The molecule has 0 aromatic rings. The molecule has 0 bridgehead atoms. The van der Waals surface area contributed by atoms with E-state index in [-0.39, 0.29) is 19.3 Å². The fourth-order valence-electron chi connectivity index (χ4n) is 11.7. The maximum absolute atomic E-state index is 13.0. The van der Waals surface area contributed by atoms with Crippen LogP contribution in [0.1, 0.15) is 367 Å². The summed E-state index contributed by atoms with van der Waals surface area (Å²) in [6.07, 6.45) is 102. The van der Waals surface area contributed by atoms with Crippen molar-refractivity contribution in [1.82, 2.24) is 0 Å². The molecule has 5 atom stereocenters. The predicted molar refractivity (Wildman–Crippen MR) is 454 cm³/mol. The normalized spacial score (nSPS) is 14.5. The summed E-state index contributed by atoms with van der Waals surface area (Å²) in [6, 6.07) is 0. The molecule has 0 saturated heterocycles. The van der Waals surface area contributed by atoms with Crippen molar-refractivity contribution in [2.24, 2.45) is 0 Å². The van der Waals surface area contributed by atoms with Crippen molar-refractivity contribution in [3.8, 4) is 0 Å². The van der Waals surface area contributed by atoms with Crippen molar-refractivity contribution in [3.63, 3.8) is 0 Å². The van der Waals surface area contributed by atoms with Gasteiger partial charge in [0, 0.05) is 19.3 Å². The van der Waals surface area contributed by atoms with Crippen molar-refractivity contribution in [2.75, 3.05) is 39.6 Å². The zero-order chi connectivity index (χ0) is 79.4. The van der Waals surface area contributed by atoms with E-state index in [4.69, 9.17) is 32.3 Å². The molecular formula is C91H158O16P2. The summed E-state index contributed by atoms with van der Waals surface area (Å²) in [6.45, 7) is 2.53. The average molecular weight is 1570 g/mol. The highest BCUT2D eigenvalue weighted by Crippen LogP contribution is 2.45. The first-order chi connectivity index (χ1) is 53.2. The Kier molecular flexibility index (Phi) is 79.8. The lowest BCUT2D eigenvalue weighted by Gasteiger charge is -2.21. The standard InChI is InChI=1S/C91H158O16P2/c1-4-7-10-13-16-19-22-25-28-30-32-34-36-38-40-42-44-46-48-50-52-54-57-59-62-65-68-71-74-77-89(94)101-80-86(92)81-103-108(97,98)104-82-87(93)83-105-109(99,100)106-85-88(107-91(96)79-76-73-70-67-64-61-56-27-24-21-18-15-12-9-6-3)84-102-90(95)78-75-72-69-66-63-60-58-55-53-51-49-47-45-43-41-39-37-35-33-31-29-26-23-20-17-14-11-8-5-2/h7,10,16-21,25-29,32-35,38-41,56,86-88,92-93H,4-6,8-9,11-15,22-24,30-31,36-37,42-55,57-85H2,1-3H3,(H,97,98)(H,99,100)/b10-7-,19-16-,20-17-,21-18-,28-25-,29-26-,34-32-,35-33-,40-38-,41-39-,56-27-. The van der Waals surface area contributed by atoms with Gasteiger partial charge in [-0.1, -0.05) is 341 Å². The number of carbonyl (C=O) groups excluding carboxylic acids is 3. The highest BCUT2D eigenvalue weighted by atomic mass is 31.2. The van der Waals surface area contributed by atoms with Crippen molar-refractivity contribution >= 4 is 33.6 Å². The van der Waals surface area contributed by atoms with Gasteiger partial charge in [-0.05, 0) is 141 Å². The minimum atomic E-state index is -4.94.